The smallest absolute Gasteiger partial charge is 0.170 e. The van der Waals surface area contributed by atoms with Gasteiger partial charge < -0.3 is 20.1 Å². The van der Waals surface area contributed by atoms with Crippen LogP contribution in [0.1, 0.15) is 25.1 Å². The second-order valence-electron chi connectivity index (χ2n) is 6.66. The van der Waals surface area contributed by atoms with Crippen LogP contribution >= 0.6 is 12.2 Å². The summed E-state index contributed by atoms with van der Waals surface area (Å²) in [5.74, 6) is 2.08. The van der Waals surface area contributed by atoms with Crippen LogP contribution in [-0.2, 0) is 13.0 Å². The Kier molecular flexibility index (Phi) is 5.99. The van der Waals surface area contributed by atoms with E-state index in [0.29, 0.717) is 5.11 Å². The highest BCUT2D eigenvalue weighted by Crippen LogP contribution is 2.23. The molecule has 134 valence electrons. The third-order valence-corrected chi connectivity index (χ3v) is 4.60. The summed E-state index contributed by atoms with van der Waals surface area (Å²) in [4.78, 5) is 2.12. The van der Waals surface area contributed by atoms with Crippen LogP contribution in [0.25, 0.3) is 11.4 Å². The van der Waals surface area contributed by atoms with Gasteiger partial charge in [-0.1, -0.05) is 6.42 Å². The van der Waals surface area contributed by atoms with Gasteiger partial charge in [-0.3, -0.25) is 0 Å². The lowest BCUT2D eigenvalue weighted by Crippen LogP contribution is -2.34. The molecule has 2 aromatic rings. The van der Waals surface area contributed by atoms with Crippen molar-refractivity contribution < 1.29 is 0 Å². The average molecular weight is 359 g/mol. The average Bonchev–Trinajstić information content (AvgIpc) is 2.83. The highest BCUT2D eigenvalue weighted by Gasteiger charge is 2.15. The van der Waals surface area contributed by atoms with Crippen molar-refractivity contribution in [3.8, 4) is 11.4 Å². The van der Waals surface area contributed by atoms with Crippen LogP contribution in [0.15, 0.2) is 24.3 Å². The summed E-state index contributed by atoms with van der Waals surface area (Å²) >= 11 is 5.33. The highest BCUT2D eigenvalue weighted by atomic mass is 32.1. The van der Waals surface area contributed by atoms with E-state index >= 15 is 0 Å². The van der Waals surface area contributed by atoms with Crippen LogP contribution in [0.5, 0.6) is 0 Å². The van der Waals surface area contributed by atoms with Crippen LogP contribution in [0, 0.1) is 0 Å². The van der Waals surface area contributed by atoms with Gasteiger partial charge in [0.1, 0.15) is 5.82 Å². The number of benzene rings is 1. The van der Waals surface area contributed by atoms with Gasteiger partial charge in [0, 0.05) is 37.3 Å². The van der Waals surface area contributed by atoms with Gasteiger partial charge in [-0.05, 0) is 63.4 Å². The molecule has 0 atom stereocenters. The number of likely N-dealkylation sites (N-methyl/N-ethyl adjacent to an activating group) is 1. The summed E-state index contributed by atoms with van der Waals surface area (Å²) in [6.07, 6.45) is 4.70. The zero-order valence-electron chi connectivity index (χ0n) is 15.0. The number of anilines is 1. The Morgan fingerprint density at radius 1 is 1.16 bits per heavy atom. The third kappa shape index (κ3) is 4.76. The van der Waals surface area contributed by atoms with E-state index in [1.807, 2.05) is 26.2 Å². The zero-order valence-corrected chi connectivity index (χ0v) is 15.8. The summed E-state index contributed by atoms with van der Waals surface area (Å²) in [6.45, 7) is 2.78. The molecule has 0 saturated heterocycles. The second-order valence-corrected chi connectivity index (χ2v) is 7.07. The molecule has 6 nitrogen and oxygen atoms in total. The van der Waals surface area contributed by atoms with Crippen LogP contribution in [0.2, 0.25) is 0 Å². The summed E-state index contributed by atoms with van der Waals surface area (Å²) in [7, 11) is 4.09. The van der Waals surface area contributed by atoms with Gasteiger partial charge in [0.2, 0.25) is 0 Å². The summed E-state index contributed by atoms with van der Waals surface area (Å²) in [5.41, 5.74) is 2.07. The van der Waals surface area contributed by atoms with Crippen LogP contribution in [-0.4, -0.2) is 52.0 Å². The third-order valence-electron chi connectivity index (χ3n) is 4.36. The van der Waals surface area contributed by atoms with Crippen molar-refractivity contribution in [1.82, 2.24) is 25.0 Å². The molecular weight excluding hydrogens is 332 g/mol. The van der Waals surface area contributed by atoms with E-state index in [-0.39, 0.29) is 0 Å². The van der Waals surface area contributed by atoms with E-state index in [2.05, 4.69) is 42.4 Å². The Balaban J connectivity index is 1.63. The molecule has 1 aliphatic heterocycles. The molecule has 2 heterocycles. The van der Waals surface area contributed by atoms with E-state index in [1.54, 1.807) is 0 Å². The first-order valence-corrected chi connectivity index (χ1v) is 9.26. The first-order valence-electron chi connectivity index (χ1n) is 8.85. The van der Waals surface area contributed by atoms with E-state index in [9.17, 15) is 0 Å². The summed E-state index contributed by atoms with van der Waals surface area (Å²) < 4.78 is 2.27. The first-order chi connectivity index (χ1) is 12.1. The lowest BCUT2D eigenvalue weighted by Gasteiger charge is -2.13. The number of rotatable bonds is 5. The lowest BCUT2D eigenvalue weighted by atomic mass is 10.2. The molecule has 1 aromatic carbocycles. The van der Waals surface area contributed by atoms with Crippen molar-refractivity contribution in [2.45, 2.75) is 32.2 Å². The lowest BCUT2D eigenvalue weighted by molar-refractivity contribution is 0.413. The Bertz CT molecular complexity index is 707. The number of aryl methyl sites for hydroxylation is 1. The molecule has 0 amide bonds. The fourth-order valence-electron chi connectivity index (χ4n) is 2.97. The maximum absolute atomic E-state index is 5.33. The van der Waals surface area contributed by atoms with Crippen molar-refractivity contribution in [3.63, 3.8) is 0 Å². The number of hydrogen-bond donors (Lipinski definition) is 2. The molecule has 7 heteroatoms. The fourth-order valence-corrected chi connectivity index (χ4v) is 3.19. The molecule has 1 aliphatic rings. The fraction of sp³-hybridized carbons (Fsp3) is 0.500. The minimum Gasteiger partial charge on any atom is -0.361 e. The minimum absolute atomic E-state index is 0.644. The van der Waals surface area contributed by atoms with Gasteiger partial charge in [0.15, 0.2) is 10.9 Å². The molecule has 1 aromatic heterocycles. The van der Waals surface area contributed by atoms with Crippen LogP contribution in [0.4, 0.5) is 5.69 Å². The Hall–Kier alpha value is -1.99. The molecule has 2 N–H and O–H groups in total. The van der Waals surface area contributed by atoms with E-state index in [1.165, 1.54) is 19.3 Å². The molecule has 0 aliphatic carbocycles. The van der Waals surface area contributed by atoms with Crippen LogP contribution in [0.3, 0.4) is 0 Å². The maximum atomic E-state index is 5.33. The van der Waals surface area contributed by atoms with Gasteiger partial charge in [-0.2, -0.15) is 0 Å². The number of fused-ring (bicyclic) bond motifs is 1. The van der Waals surface area contributed by atoms with Crippen molar-refractivity contribution >= 4 is 23.0 Å². The second kappa shape index (κ2) is 8.40. The summed E-state index contributed by atoms with van der Waals surface area (Å²) in [5, 5.41) is 15.9. The predicted octanol–water partition coefficient (Wildman–Crippen LogP) is 2.52. The Morgan fingerprint density at radius 3 is 2.72 bits per heavy atom. The molecule has 25 heavy (non-hydrogen) atoms. The van der Waals surface area contributed by atoms with Gasteiger partial charge in [0.25, 0.3) is 0 Å². The zero-order chi connectivity index (χ0) is 17.6. The molecular formula is C18H26N6S. The SMILES string of the molecule is CN(C)CCNC(=S)Nc1ccc(-c2nnc3n2CCCCC3)cc1. The topological polar surface area (TPSA) is 58.0 Å². The van der Waals surface area contributed by atoms with E-state index < -0.39 is 0 Å². The van der Waals surface area contributed by atoms with Gasteiger partial charge in [-0.25, -0.2) is 0 Å². The van der Waals surface area contributed by atoms with Gasteiger partial charge in [0.05, 0.1) is 0 Å². The number of nitrogens with one attached hydrogen (secondary N) is 2. The molecule has 0 radical (unpaired) electrons. The minimum atomic E-state index is 0.644. The quantitative estimate of drug-likeness (QED) is 0.801. The molecule has 0 unspecified atom stereocenters. The maximum Gasteiger partial charge on any atom is 0.170 e. The molecule has 0 bridgehead atoms. The molecule has 0 fully saturated rings. The Morgan fingerprint density at radius 2 is 1.96 bits per heavy atom. The van der Waals surface area contributed by atoms with E-state index in [0.717, 1.165) is 49.0 Å². The number of aromatic nitrogens is 3. The number of hydrogen-bond acceptors (Lipinski definition) is 4. The van der Waals surface area contributed by atoms with Crippen molar-refractivity contribution in [3.05, 3.63) is 30.1 Å². The first kappa shape index (κ1) is 17.8. The molecule has 0 spiro atoms. The Labute approximate surface area is 154 Å². The van der Waals surface area contributed by atoms with Crippen LogP contribution < -0.4 is 10.6 Å². The monoisotopic (exact) mass is 358 g/mol. The molecule has 3 rings (SSSR count). The van der Waals surface area contributed by atoms with Crippen molar-refractivity contribution in [2.75, 3.05) is 32.5 Å². The molecule has 0 saturated carbocycles. The van der Waals surface area contributed by atoms with Gasteiger partial charge in [-0.15, -0.1) is 10.2 Å². The predicted molar refractivity (Wildman–Crippen MR) is 106 cm³/mol. The largest absolute Gasteiger partial charge is 0.361 e. The van der Waals surface area contributed by atoms with E-state index in [4.69, 9.17) is 12.2 Å². The normalized spacial score (nSPS) is 14.0. The highest BCUT2D eigenvalue weighted by molar-refractivity contribution is 7.80. The number of thiocarbonyl (C=S) groups is 1. The van der Waals surface area contributed by atoms with Gasteiger partial charge >= 0.3 is 0 Å². The van der Waals surface area contributed by atoms with Crippen molar-refractivity contribution in [2.24, 2.45) is 0 Å². The summed E-state index contributed by atoms with van der Waals surface area (Å²) in [6, 6.07) is 8.22. The standard InChI is InChI=1S/C18H26N6S/c1-23(2)13-11-19-18(25)20-15-9-7-14(8-10-15)17-22-21-16-6-4-3-5-12-24(16)17/h7-10H,3-6,11-13H2,1-2H3,(H2,19,20,25). The number of nitrogens with zero attached hydrogens (tertiary/aromatic N) is 4. The van der Waals surface area contributed by atoms with Crippen molar-refractivity contribution in [1.29, 1.82) is 0 Å².